The molecule has 0 saturated heterocycles. The van der Waals surface area contributed by atoms with E-state index in [9.17, 15) is 13.2 Å². The van der Waals surface area contributed by atoms with E-state index < -0.39 is 10.0 Å². The van der Waals surface area contributed by atoms with Gasteiger partial charge in [0.1, 0.15) is 12.3 Å². The van der Waals surface area contributed by atoms with Gasteiger partial charge in [-0.3, -0.25) is 9.10 Å². The van der Waals surface area contributed by atoms with E-state index in [0.717, 1.165) is 22.5 Å². The quantitative estimate of drug-likeness (QED) is 0.674. The number of carbonyl (C=O) groups excluding carboxylic acids is 1. The molecule has 0 saturated carbocycles. The Kier molecular flexibility index (Phi) is 7.67. The lowest BCUT2D eigenvalue weighted by atomic mass is 10.1. The molecule has 1 N–H and O–H groups in total. The van der Waals surface area contributed by atoms with Crippen LogP contribution in [0.25, 0.3) is 0 Å². The van der Waals surface area contributed by atoms with Gasteiger partial charge in [-0.05, 0) is 62.6 Å². The van der Waals surface area contributed by atoms with Crippen LogP contribution in [-0.4, -0.2) is 33.2 Å². The molecule has 1 unspecified atom stereocenters. The zero-order valence-electron chi connectivity index (χ0n) is 17.7. The first-order valence-corrected chi connectivity index (χ1v) is 11.6. The Bertz CT molecular complexity index is 907. The molecule has 7 heteroatoms. The molecule has 0 heterocycles. The third kappa shape index (κ3) is 6.78. The Morgan fingerprint density at radius 2 is 1.62 bits per heavy atom. The Labute approximate surface area is 173 Å². The monoisotopic (exact) mass is 418 g/mol. The number of aryl methyl sites for hydroxylation is 1. The lowest BCUT2D eigenvalue weighted by Crippen LogP contribution is -2.41. The van der Waals surface area contributed by atoms with E-state index in [-0.39, 0.29) is 24.6 Å². The zero-order chi connectivity index (χ0) is 21.6. The van der Waals surface area contributed by atoms with Crippen LogP contribution < -0.4 is 14.4 Å². The van der Waals surface area contributed by atoms with Crippen molar-refractivity contribution in [1.82, 2.24) is 5.32 Å². The molecule has 0 aliphatic carbocycles. The van der Waals surface area contributed by atoms with E-state index in [1.807, 2.05) is 45.0 Å². The number of hydrogen-bond donors (Lipinski definition) is 1. The maximum atomic E-state index is 12.6. The molecule has 0 bridgehead atoms. The van der Waals surface area contributed by atoms with Gasteiger partial charge in [0.05, 0.1) is 24.1 Å². The summed E-state index contributed by atoms with van der Waals surface area (Å²) in [5.41, 5.74) is 2.61. The number of hydrogen-bond acceptors (Lipinski definition) is 4. The van der Waals surface area contributed by atoms with Gasteiger partial charge in [0.25, 0.3) is 0 Å². The van der Waals surface area contributed by atoms with E-state index >= 15 is 0 Å². The highest BCUT2D eigenvalue weighted by Gasteiger charge is 2.22. The minimum absolute atomic E-state index is 0.0190. The molecule has 6 nitrogen and oxygen atoms in total. The number of nitrogens with one attached hydrogen (secondary N) is 1. The van der Waals surface area contributed by atoms with Crippen molar-refractivity contribution in [2.45, 2.75) is 46.3 Å². The van der Waals surface area contributed by atoms with Crippen molar-refractivity contribution in [3.63, 3.8) is 0 Å². The smallest absolute Gasteiger partial charge is 0.241 e. The molecule has 0 aromatic heterocycles. The third-order valence-corrected chi connectivity index (χ3v) is 5.59. The van der Waals surface area contributed by atoms with Crippen molar-refractivity contribution in [2.24, 2.45) is 0 Å². The van der Waals surface area contributed by atoms with E-state index in [4.69, 9.17) is 4.74 Å². The molecule has 0 aliphatic heterocycles. The average Bonchev–Trinajstić information content (AvgIpc) is 2.65. The van der Waals surface area contributed by atoms with E-state index in [1.165, 1.54) is 5.56 Å². The third-order valence-electron chi connectivity index (χ3n) is 4.45. The number of amides is 1. The first kappa shape index (κ1) is 22.7. The summed E-state index contributed by atoms with van der Waals surface area (Å²) in [4.78, 5) is 12.6. The number of nitrogens with zero attached hydrogens (tertiary/aromatic N) is 1. The second kappa shape index (κ2) is 9.78. The van der Waals surface area contributed by atoms with Crippen molar-refractivity contribution in [2.75, 3.05) is 17.1 Å². The van der Waals surface area contributed by atoms with Gasteiger partial charge < -0.3 is 10.1 Å². The van der Waals surface area contributed by atoms with Crippen molar-refractivity contribution >= 4 is 21.6 Å². The van der Waals surface area contributed by atoms with Crippen molar-refractivity contribution in [3.8, 4) is 5.75 Å². The normalized spacial score (nSPS) is 12.5. The fourth-order valence-corrected chi connectivity index (χ4v) is 3.76. The maximum absolute atomic E-state index is 12.6. The summed E-state index contributed by atoms with van der Waals surface area (Å²) >= 11 is 0. The SMILES string of the molecule is CCc1ccc(C(C)NC(=O)CN(c2ccc(OC(C)C)cc2)S(C)(=O)=O)cc1. The molecule has 0 aliphatic rings. The van der Waals surface area contributed by atoms with Crippen LogP contribution in [0.2, 0.25) is 0 Å². The second-order valence-corrected chi connectivity index (χ2v) is 9.22. The number of rotatable bonds is 9. The first-order valence-electron chi connectivity index (χ1n) is 9.72. The average molecular weight is 419 g/mol. The van der Waals surface area contributed by atoms with Crippen LogP contribution in [0, 0.1) is 0 Å². The second-order valence-electron chi connectivity index (χ2n) is 7.31. The topological polar surface area (TPSA) is 75.7 Å². The number of ether oxygens (including phenoxy) is 1. The lowest BCUT2D eigenvalue weighted by molar-refractivity contribution is -0.120. The summed E-state index contributed by atoms with van der Waals surface area (Å²) in [5.74, 6) is 0.274. The highest BCUT2D eigenvalue weighted by molar-refractivity contribution is 7.92. The summed E-state index contributed by atoms with van der Waals surface area (Å²) in [6.45, 7) is 7.50. The summed E-state index contributed by atoms with van der Waals surface area (Å²) in [5, 5.41) is 2.87. The predicted molar refractivity (Wildman–Crippen MR) is 117 cm³/mol. The molecule has 158 valence electrons. The van der Waals surface area contributed by atoms with E-state index in [2.05, 4.69) is 12.2 Å². The van der Waals surface area contributed by atoms with Gasteiger partial charge in [-0.25, -0.2) is 8.42 Å². The molecule has 0 spiro atoms. The van der Waals surface area contributed by atoms with Gasteiger partial charge in [0.15, 0.2) is 0 Å². The van der Waals surface area contributed by atoms with Gasteiger partial charge in [-0.2, -0.15) is 0 Å². The molecule has 0 fully saturated rings. The molecule has 1 amide bonds. The standard InChI is InChI=1S/C22H30N2O4S/c1-6-18-7-9-19(10-8-18)17(4)23-22(25)15-24(29(5,26)27)20-11-13-21(14-12-20)28-16(2)3/h7-14,16-17H,6,15H2,1-5H3,(H,23,25). The molecular weight excluding hydrogens is 388 g/mol. The molecule has 29 heavy (non-hydrogen) atoms. The van der Waals surface area contributed by atoms with Crippen LogP contribution in [0.15, 0.2) is 48.5 Å². The van der Waals surface area contributed by atoms with Crippen LogP contribution in [-0.2, 0) is 21.2 Å². The summed E-state index contributed by atoms with van der Waals surface area (Å²) < 4.78 is 31.2. The Hall–Kier alpha value is -2.54. The first-order chi connectivity index (χ1) is 13.6. The Morgan fingerprint density at radius 1 is 1.03 bits per heavy atom. The fourth-order valence-electron chi connectivity index (χ4n) is 2.91. The summed E-state index contributed by atoms with van der Waals surface area (Å²) in [7, 11) is -3.63. The van der Waals surface area contributed by atoms with Gasteiger partial charge in [-0.1, -0.05) is 31.2 Å². The molecule has 2 rings (SSSR count). The van der Waals surface area contributed by atoms with Crippen molar-refractivity contribution in [1.29, 1.82) is 0 Å². The van der Waals surface area contributed by atoms with Crippen LogP contribution in [0.4, 0.5) is 5.69 Å². The molecule has 2 aromatic rings. The number of anilines is 1. The molecule has 1 atom stereocenters. The highest BCUT2D eigenvalue weighted by Crippen LogP contribution is 2.22. The summed E-state index contributed by atoms with van der Waals surface area (Å²) in [6.07, 6.45) is 2.06. The van der Waals surface area contributed by atoms with Crippen LogP contribution in [0.1, 0.15) is 44.9 Å². The fraction of sp³-hybridized carbons (Fsp3) is 0.409. The maximum Gasteiger partial charge on any atom is 0.241 e. The van der Waals surface area contributed by atoms with Crippen LogP contribution in [0.3, 0.4) is 0 Å². The highest BCUT2D eigenvalue weighted by atomic mass is 32.2. The van der Waals surface area contributed by atoms with Crippen LogP contribution in [0.5, 0.6) is 5.75 Å². The Balaban J connectivity index is 2.10. The van der Waals surface area contributed by atoms with Crippen molar-refractivity contribution in [3.05, 3.63) is 59.7 Å². The summed E-state index contributed by atoms with van der Waals surface area (Å²) in [6, 6.07) is 14.5. The van der Waals surface area contributed by atoms with E-state index in [0.29, 0.717) is 11.4 Å². The van der Waals surface area contributed by atoms with Gasteiger partial charge in [0, 0.05) is 0 Å². The zero-order valence-corrected chi connectivity index (χ0v) is 18.5. The van der Waals surface area contributed by atoms with Gasteiger partial charge in [-0.15, -0.1) is 0 Å². The Morgan fingerprint density at radius 3 is 2.10 bits per heavy atom. The number of sulfonamides is 1. The minimum atomic E-state index is -3.63. The largest absolute Gasteiger partial charge is 0.491 e. The predicted octanol–water partition coefficient (Wildman–Crippen LogP) is 3.68. The van der Waals surface area contributed by atoms with Gasteiger partial charge >= 0.3 is 0 Å². The molecule has 2 aromatic carbocycles. The van der Waals surface area contributed by atoms with Crippen molar-refractivity contribution < 1.29 is 17.9 Å². The minimum Gasteiger partial charge on any atom is -0.491 e. The van der Waals surface area contributed by atoms with Gasteiger partial charge in [0.2, 0.25) is 15.9 Å². The molecule has 0 radical (unpaired) electrons. The lowest BCUT2D eigenvalue weighted by Gasteiger charge is -2.23. The van der Waals surface area contributed by atoms with E-state index in [1.54, 1.807) is 24.3 Å². The van der Waals surface area contributed by atoms with Crippen LogP contribution >= 0.6 is 0 Å². The molecular formula is C22H30N2O4S. The number of benzene rings is 2. The number of carbonyl (C=O) groups is 1.